The zero-order valence-electron chi connectivity index (χ0n) is 11.4. The maximum atomic E-state index is 9.55. The summed E-state index contributed by atoms with van der Waals surface area (Å²) < 4.78 is 0. The SMILES string of the molecule is OC(CCl)CNc1cccc2[nH]c(-c3ccccc3)nc12. The second-order valence-electron chi connectivity index (χ2n) is 4.84. The van der Waals surface area contributed by atoms with Gasteiger partial charge >= 0.3 is 0 Å². The first-order valence-corrected chi connectivity index (χ1v) is 7.33. The lowest BCUT2D eigenvalue weighted by Gasteiger charge is -2.10. The van der Waals surface area contributed by atoms with Crippen LogP contribution in [0.15, 0.2) is 48.5 Å². The van der Waals surface area contributed by atoms with Crippen molar-refractivity contribution in [2.24, 2.45) is 0 Å². The quantitative estimate of drug-likeness (QED) is 0.634. The molecule has 0 saturated heterocycles. The minimum absolute atomic E-state index is 0.207. The molecule has 1 heterocycles. The molecule has 0 aliphatic carbocycles. The summed E-state index contributed by atoms with van der Waals surface area (Å²) in [5.41, 5.74) is 3.74. The van der Waals surface area contributed by atoms with Gasteiger partial charge in [0.15, 0.2) is 0 Å². The van der Waals surface area contributed by atoms with Gasteiger partial charge in [-0.25, -0.2) is 4.98 Å². The minimum Gasteiger partial charge on any atom is -0.390 e. The van der Waals surface area contributed by atoms with E-state index in [9.17, 15) is 5.11 Å². The zero-order valence-corrected chi connectivity index (χ0v) is 12.1. The largest absolute Gasteiger partial charge is 0.390 e. The summed E-state index contributed by atoms with van der Waals surface area (Å²) in [7, 11) is 0. The molecule has 5 heteroatoms. The van der Waals surface area contributed by atoms with Crippen molar-refractivity contribution in [1.29, 1.82) is 0 Å². The van der Waals surface area contributed by atoms with Gasteiger partial charge < -0.3 is 15.4 Å². The van der Waals surface area contributed by atoms with Crippen LogP contribution in [0.4, 0.5) is 5.69 Å². The first-order valence-electron chi connectivity index (χ1n) is 6.80. The second kappa shape index (κ2) is 6.16. The van der Waals surface area contributed by atoms with E-state index in [0.717, 1.165) is 28.1 Å². The number of aromatic nitrogens is 2. The van der Waals surface area contributed by atoms with Crippen LogP contribution in [0.1, 0.15) is 0 Å². The molecule has 21 heavy (non-hydrogen) atoms. The highest BCUT2D eigenvalue weighted by atomic mass is 35.5. The number of H-pyrrole nitrogens is 1. The third kappa shape index (κ3) is 3.01. The number of imidazole rings is 1. The highest BCUT2D eigenvalue weighted by molar-refractivity contribution is 6.18. The van der Waals surface area contributed by atoms with Crippen molar-refractivity contribution >= 4 is 28.3 Å². The third-order valence-corrected chi connectivity index (χ3v) is 3.62. The van der Waals surface area contributed by atoms with Crippen LogP contribution in [-0.2, 0) is 0 Å². The van der Waals surface area contributed by atoms with Crippen LogP contribution in [0.3, 0.4) is 0 Å². The van der Waals surface area contributed by atoms with Crippen molar-refractivity contribution in [1.82, 2.24) is 9.97 Å². The number of aliphatic hydroxyl groups is 1. The van der Waals surface area contributed by atoms with Crippen LogP contribution in [0.5, 0.6) is 0 Å². The molecule has 4 nitrogen and oxygen atoms in total. The summed E-state index contributed by atoms with van der Waals surface area (Å²) in [6, 6.07) is 15.9. The topological polar surface area (TPSA) is 60.9 Å². The average Bonchev–Trinajstić information content (AvgIpc) is 2.98. The number of alkyl halides is 1. The van der Waals surface area contributed by atoms with E-state index >= 15 is 0 Å². The minimum atomic E-state index is -0.575. The number of fused-ring (bicyclic) bond motifs is 1. The van der Waals surface area contributed by atoms with Gasteiger partial charge in [0.1, 0.15) is 11.3 Å². The van der Waals surface area contributed by atoms with Crippen LogP contribution in [-0.4, -0.2) is 33.6 Å². The first kappa shape index (κ1) is 13.9. The molecule has 0 fully saturated rings. The molecule has 108 valence electrons. The van der Waals surface area contributed by atoms with E-state index in [0.29, 0.717) is 6.54 Å². The van der Waals surface area contributed by atoms with Crippen LogP contribution in [0.25, 0.3) is 22.4 Å². The van der Waals surface area contributed by atoms with E-state index in [2.05, 4.69) is 15.3 Å². The summed E-state index contributed by atoms with van der Waals surface area (Å²) >= 11 is 5.61. The molecule has 1 unspecified atom stereocenters. The van der Waals surface area contributed by atoms with E-state index in [1.165, 1.54) is 0 Å². The van der Waals surface area contributed by atoms with Gasteiger partial charge in [0, 0.05) is 12.1 Å². The van der Waals surface area contributed by atoms with E-state index < -0.39 is 6.10 Å². The molecule has 3 N–H and O–H groups in total. The normalized spacial score (nSPS) is 12.5. The summed E-state index contributed by atoms with van der Waals surface area (Å²) in [4.78, 5) is 7.97. The van der Waals surface area contributed by atoms with Gasteiger partial charge in [-0.1, -0.05) is 36.4 Å². The average molecular weight is 302 g/mol. The smallest absolute Gasteiger partial charge is 0.138 e. The highest BCUT2D eigenvalue weighted by Gasteiger charge is 2.09. The fourth-order valence-electron chi connectivity index (χ4n) is 2.19. The molecule has 0 radical (unpaired) electrons. The maximum Gasteiger partial charge on any atom is 0.138 e. The van der Waals surface area contributed by atoms with Crippen molar-refractivity contribution in [2.45, 2.75) is 6.10 Å². The Labute approximate surface area is 127 Å². The predicted molar refractivity (Wildman–Crippen MR) is 86.7 cm³/mol. The predicted octanol–water partition coefficient (Wildman–Crippen LogP) is 3.24. The molecule has 0 saturated carbocycles. The van der Waals surface area contributed by atoms with Gasteiger partial charge in [0.25, 0.3) is 0 Å². The second-order valence-corrected chi connectivity index (χ2v) is 5.15. The van der Waals surface area contributed by atoms with Crippen LogP contribution < -0.4 is 5.32 Å². The van der Waals surface area contributed by atoms with Crippen molar-refractivity contribution in [3.8, 4) is 11.4 Å². The summed E-state index contributed by atoms with van der Waals surface area (Å²) in [6.07, 6.45) is -0.575. The van der Waals surface area contributed by atoms with Gasteiger partial charge in [-0.3, -0.25) is 0 Å². The molecule has 0 amide bonds. The number of benzene rings is 2. The van der Waals surface area contributed by atoms with E-state index in [-0.39, 0.29) is 5.88 Å². The van der Waals surface area contributed by atoms with Crippen LogP contribution in [0, 0.1) is 0 Å². The number of para-hydroxylation sites is 1. The number of anilines is 1. The van der Waals surface area contributed by atoms with E-state index in [4.69, 9.17) is 11.6 Å². The van der Waals surface area contributed by atoms with Crippen molar-refractivity contribution in [3.63, 3.8) is 0 Å². The Balaban J connectivity index is 1.94. The Bertz CT molecular complexity index is 727. The van der Waals surface area contributed by atoms with Gasteiger partial charge in [-0.05, 0) is 12.1 Å². The van der Waals surface area contributed by atoms with Crippen LogP contribution >= 0.6 is 11.6 Å². The number of nitrogens with zero attached hydrogens (tertiary/aromatic N) is 1. The number of rotatable bonds is 5. The number of halogens is 1. The number of aromatic amines is 1. The van der Waals surface area contributed by atoms with Crippen molar-refractivity contribution in [2.75, 3.05) is 17.7 Å². The van der Waals surface area contributed by atoms with E-state index in [1.807, 2.05) is 48.5 Å². The standard InChI is InChI=1S/C16H16ClN3O/c17-9-12(21)10-18-13-7-4-8-14-15(13)20-16(19-14)11-5-2-1-3-6-11/h1-8,12,18,21H,9-10H2,(H,19,20). The molecule has 0 bridgehead atoms. The lowest BCUT2D eigenvalue weighted by molar-refractivity contribution is 0.211. The molecule has 3 rings (SSSR count). The molecule has 1 atom stereocenters. The monoisotopic (exact) mass is 301 g/mol. The number of aliphatic hydroxyl groups excluding tert-OH is 1. The zero-order chi connectivity index (χ0) is 14.7. The molecular weight excluding hydrogens is 286 g/mol. The van der Waals surface area contributed by atoms with Crippen LogP contribution in [0.2, 0.25) is 0 Å². The van der Waals surface area contributed by atoms with E-state index in [1.54, 1.807) is 0 Å². The Hall–Kier alpha value is -2.04. The molecule has 1 aromatic heterocycles. The van der Waals surface area contributed by atoms with Gasteiger partial charge in [0.2, 0.25) is 0 Å². The lowest BCUT2D eigenvalue weighted by Crippen LogP contribution is -2.20. The van der Waals surface area contributed by atoms with Gasteiger partial charge in [0.05, 0.1) is 23.2 Å². The molecule has 0 spiro atoms. The summed E-state index contributed by atoms with van der Waals surface area (Å²) in [5, 5.41) is 12.7. The van der Waals surface area contributed by atoms with Gasteiger partial charge in [-0.2, -0.15) is 0 Å². The molecule has 2 aromatic carbocycles. The summed E-state index contributed by atoms with van der Waals surface area (Å²) in [5.74, 6) is 1.04. The molecular formula is C16H16ClN3O. The summed E-state index contributed by atoms with van der Waals surface area (Å²) in [6.45, 7) is 0.399. The Kier molecular flexibility index (Phi) is 4.08. The first-order chi connectivity index (χ1) is 10.3. The molecule has 3 aromatic rings. The fourth-order valence-corrected chi connectivity index (χ4v) is 2.30. The van der Waals surface area contributed by atoms with Crippen molar-refractivity contribution in [3.05, 3.63) is 48.5 Å². The maximum absolute atomic E-state index is 9.55. The highest BCUT2D eigenvalue weighted by Crippen LogP contribution is 2.25. The fraction of sp³-hybridized carbons (Fsp3) is 0.188. The Morgan fingerprint density at radius 3 is 2.71 bits per heavy atom. The number of hydrogen-bond donors (Lipinski definition) is 3. The van der Waals surface area contributed by atoms with Gasteiger partial charge in [-0.15, -0.1) is 11.6 Å². The Morgan fingerprint density at radius 2 is 1.95 bits per heavy atom. The molecule has 0 aliphatic rings. The number of hydrogen-bond acceptors (Lipinski definition) is 3. The molecule has 0 aliphatic heterocycles. The number of nitrogens with one attached hydrogen (secondary N) is 2. The Morgan fingerprint density at radius 1 is 1.14 bits per heavy atom. The third-order valence-electron chi connectivity index (χ3n) is 3.27. The lowest BCUT2D eigenvalue weighted by atomic mass is 10.2. The van der Waals surface area contributed by atoms with Crippen molar-refractivity contribution < 1.29 is 5.11 Å².